The highest BCUT2D eigenvalue weighted by Crippen LogP contribution is 2.36. The molecule has 160 valence electrons. The lowest BCUT2D eigenvalue weighted by Crippen LogP contribution is -2.68. The van der Waals surface area contributed by atoms with Crippen molar-refractivity contribution >= 4 is 17.6 Å². The summed E-state index contributed by atoms with van der Waals surface area (Å²) in [5, 5.41) is 12.8. The summed E-state index contributed by atoms with van der Waals surface area (Å²) in [4.78, 5) is 40.6. The van der Waals surface area contributed by atoms with E-state index in [1.807, 2.05) is 12.2 Å². The lowest BCUT2D eigenvalue weighted by atomic mass is 9.75. The normalized spacial score (nSPS) is 23.8. The minimum absolute atomic E-state index is 0. The minimum atomic E-state index is -1.85. The summed E-state index contributed by atoms with van der Waals surface area (Å²) in [7, 11) is 1.61. The summed E-state index contributed by atoms with van der Waals surface area (Å²) in [5.41, 5.74) is 5.49. The first-order valence-corrected chi connectivity index (χ1v) is 9.07. The zero-order valence-electron chi connectivity index (χ0n) is 16.9. The fourth-order valence-electron chi connectivity index (χ4n) is 3.53. The van der Waals surface area contributed by atoms with Gasteiger partial charge in [0, 0.05) is 13.6 Å². The van der Waals surface area contributed by atoms with E-state index in [-0.39, 0.29) is 16.9 Å². The van der Waals surface area contributed by atoms with E-state index < -0.39 is 35.3 Å². The van der Waals surface area contributed by atoms with Crippen LogP contribution in [-0.2, 0) is 14.4 Å². The molecule has 0 aromatic heterocycles. The number of carbonyl (C=O) groups excluding carboxylic acids is 3. The Balaban J connectivity index is 0.00000364. The van der Waals surface area contributed by atoms with Crippen molar-refractivity contribution in [2.45, 2.75) is 57.7 Å². The maximum absolute atomic E-state index is 13.3. The Hall–Kier alpha value is -2.07. The number of hydrogen-bond acceptors (Lipinski definition) is 5. The third-order valence-electron chi connectivity index (χ3n) is 5.10. The van der Waals surface area contributed by atoms with Gasteiger partial charge in [-0.05, 0) is 43.3 Å². The predicted octanol–water partition coefficient (Wildman–Crippen LogP) is -1.37. The van der Waals surface area contributed by atoms with E-state index in [4.69, 9.17) is 5.73 Å². The molecule has 0 radical (unpaired) electrons. The Bertz CT molecular complexity index is 671. The molecule has 2 rings (SSSR count). The highest BCUT2D eigenvalue weighted by atomic mass is 16.3. The molecule has 0 saturated heterocycles. The van der Waals surface area contributed by atoms with Gasteiger partial charge in [-0.3, -0.25) is 14.4 Å². The Kier molecular flexibility index (Phi) is 9.19. The van der Waals surface area contributed by atoms with Gasteiger partial charge in [-0.2, -0.15) is 0 Å². The highest BCUT2D eigenvalue weighted by Gasteiger charge is 2.54. The van der Waals surface area contributed by atoms with E-state index >= 15 is 0 Å². The van der Waals surface area contributed by atoms with Crippen LogP contribution in [0.5, 0.6) is 0 Å². The number of likely N-dealkylation sites (N-methyl/N-ethyl adjacent to an activating group) is 1. The number of hydrogen-bond donors (Lipinski definition) is 3. The molecule has 3 atom stereocenters. The largest absolute Gasteiger partial charge is 0.412 e. The molecule has 0 aromatic rings. The van der Waals surface area contributed by atoms with E-state index in [9.17, 15) is 19.5 Å². The van der Waals surface area contributed by atoms with Gasteiger partial charge in [0.2, 0.25) is 5.54 Å². The van der Waals surface area contributed by atoms with Crippen LogP contribution in [0.25, 0.3) is 0 Å². The summed E-state index contributed by atoms with van der Waals surface area (Å²) >= 11 is 0. The van der Waals surface area contributed by atoms with Crippen molar-refractivity contribution in [3.05, 3.63) is 23.3 Å². The van der Waals surface area contributed by atoms with Crippen LogP contribution in [0.15, 0.2) is 23.3 Å². The van der Waals surface area contributed by atoms with Crippen molar-refractivity contribution in [2.75, 3.05) is 13.6 Å². The monoisotopic (exact) mass is 399 g/mol. The van der Waals surface area contributed by atoms with Crippen molar-refractivity contribution in [2.24, 2.45) is 11.7 Å². The molecule has 1 aliphatic heterocycles. The number of nitrogens with one attached hydrogen (secondary N) is 1. The number of amides is 2. The lowest BCUT2D eigenvalue weighted by Gasteiger charge is -2.38. The van der Waals surface area contributed by atoms with Crippen molar-refractivity contribution in [3.8, 4) is 0 Å². The number of ketones is 1. The predicted molar refractivity (Wildman–Crippen MR) is 105 cm³/mol. The molecule has 0 unspecified atom stereocenters. The third-order valence-corrected chi connectivity index (χ3v) is 5.10. The molecule has 1 aliphatic carbocycles. The van der Waals surface area contributed by atoms with Gasteiger partial charge in [0.1, 0.15) is 6.10 Å². The van der Waals surface area contributed by atoms with Crippen molar-refractivity contribution < 1.29 is 30.4 Å². The third kappa shape index (κ3) is 4.49. The summed E-state index contributed by atoms with van der Waals surface area (Å²) in [5.74, 6) is -2.14. The molecule has 0 saturated carbocycles. The van der Waals surface area contributed by atoms with E-state index in [0.29, 0.717) is 31.4 Å². The first kappa shape index (κ1) is 25.9. The SMILES string of the molecule is CC(C)[C@H](O)C(=O)N[C@@]1(C(=O)[C@H](C)N)C(=O)N(C)CCC2=C1CCC=C2.O.O. The molecule has 1 heterocycles. The smallest absolute Gasteiger partial charge is 0.260 e. The van der Waals surface area contributed by atoms with Crippen LogP contribution in [-0.4, -0.2) is 69.8 Å². The average molecular weight is 399 g/mol. The van der Waals surface area contributed by atoms with E-state index in [1.54, 1.807) is 20.9 Å². The number of nitrogens with zero attached hydrogens (tertiary/aromatic N) is 1. The van der Waals surface area contributed by atoms with Crippen molar-refractivity contribution in [3.63, 3.8) is 0 Å². The topological polar surface area (TPSA) is 176 Å². The zero-order valence-corrected chi connectivity index (χ0v) is 16.9. The van der Waals surface area contributed by atoms with Gasteiger partial charge in [-0.15, -0.1) is 0 Å². The molecule has 9 heteroatoms. The van der Waals surface area contributed by atoms with Gasteiger partial charge < -0.3 is 32.0 Å². The molecule has 0 fully saturated rings. The van der Waals surface area contributed by atoms with Crippen LogP contribution >= 0.6 is 0 Å². The fraction of sp³-hybridized carbons (Fsp3) is 0.632. The van der Waals surface area contributed by atoms with Crippen molar-refractivity contribution in [1.29, 1.82) is 0 Å². The van der Waals surface area contributed by atoms with E-state index in [2.05, 4.69) is 5.32 Å². The Morgan fingerprint density at radius 2 is 1.86 bits per heavy atom. The average Bonchev–Trinajstić information content (AvgIpc) is 2.71. The number of carbonyl (C=O) groups is 3. The summed E-state index contributed by atoms with van der Waals surface area (Å²) in [6.07, 6.45) is 4.36. The van der Waals surface area contributed by atoms with Crippen LogP contribution in [0, 0.1) is 5.92 Å². The first-order valence-electron chi connectivity index (χ1n) is 9.07. The second kappa shape index (κ2) is 9.92. The number of Topliss-reactive ketones (excluding diaryl/α,β-unsaturated/α-hetero) is 1. The Morgan fingerprint density at radius 1 is 1.25 bits per heavy atom. The molecule has 2 aliphatic rings. The second-order valence-electron chi connectivity index (χ2n) is 7.50. The first-order chi connectivity index (χ1) is 12.1. The van der Waals surface area contributed by atoms with Gasteiger partial charge in [-0.25, -0.2) is 0 Å². The molecule has 0 aromatic carbocycles. The maximum Gasteiger partial charge on any atom is 0.260 e. The number of nitrogens with two attached hydrogens (primary N) is 1. The van der Waals surface area contributed by atoms with Crippen LogP contribution in [0.4, 0.5) is 0 Å². The van der Waals surface area contributed by atoms with Crippen LogP contribution in [0.3, 0.4) is 0 Å². The zero-order chi connectivity index (χ0) is 19.6. The van der Waals surface area contributed by atoms with Gasteiger partial charge in [0.15, 0.2) is 5.78 Å². The van der Waals surface area contributed by atoms with E-state index in [0.717, 1.165) is 5.57 Å². The van der Waals surface area contributed by atoms with Crippen LogP contribution < -0.4 is 11.1 Å². The maximum atomic E-state index is 13.3. The number of aliphatic hydroxyl groups is 1. The minimum Gasteiger partial charge on any atom is -0.412 e. The number of rotatable bonds is 5. The fourth-order valence-corrected chi connectivity index (χ4v) is 3.53. The van der Waals surface area contributed by atoms with E-state index in [1.165, 1.54) is 11.8 Å². The highest BCUT2D eigenvalue weighted by molar-refractivity contribution is 6.18. The number of allylic oxidation sites excluding steroid dienone is 2. The lowest BCUT2D eigenvalue weighted by molar-refractivity contribution is -0.148. The van der Waals surface area contributed by atoms with Gasteiger partial charge in [-0.1, -0.05) is 26.0 Å². The molecule has 28 heavy (non-hydrogen) atoms. The standard InChI is InChI=1S/C19H29N3O4.2H2O/c1-11(2)15(23)17(25)21-19(16(24)12(3)20)14-8-6-5-7-13(14)9-10-22(4)18(19)26;;/h5,7,11-12,15,23H,6,8-10,20H2,1-4H3,(H,21,25);2*1H2/t12-,15-,19-;;/m0../s1. The number of aliphatic hydroxyl groups excluding tert-OH is 1. The summed E-state index contributed by atoms with van der Waals surface area (Å²) < 4.78 is 0. The van der Waals surface area contributed by atoms with Crippen molar-refractivity contribution in [1.82, 2.24) is 10.2 Å². The summed E-state index contributed by atoms with van der Waals surface area (Å²) in [6.45, 7) is 5.34. The van der Waals surface area contributed by atoms with Gasteiger partial charge >= 0.3 is 0 Å². The molecule has 0 bridgehead atoms. The molecule has 9 nitrogen and oxygen atoms in total. The molecule has 0 spiro atoms. The summed E-state index contributed by atoms with van der Waals surface area (Å²) in [6, 6.07) is -0.943. The Labute approximate surface area is 165 Å². The Morgan fingerprint density at radius 3 is 2.39 bits per heavy atom. The molecule has 2 amide bonds. The molecular weight excluding hydrogens is 366 g/mol. The molecule has 8 N–H and O–H groups in total. The van der Waals surface area contributed by atoms with Crippen LogP contribution in [0.1, 0.15) is 40.0 Å². The van der Waals surface area contributed by atoms with Gasteiger partial charge in [0.05, 0.1) is 6.04 Å². The van der Waals surface area contributed by atoms with Gasteiger partial charge in [0.25, 0.3) is 11.8 Å². The quantitative estimate of drug-likeness (QED) is 0.482. The second-order valence-corrected chi connectivity index (χ2v) is 7.50. The molecular formula is C19H33N3O6. The van der Waals surface area contributed by atoms with Crippen LogP contribution in [0.2, 0.25) is 0 Å².